The van der Waals surface area contributed by atoms with E-state index in [9.17, 15) is 24.5 Å². The SMILES string of the molecule is Cc1cccc([N+](=O)[O-])c1NC(=O)COC(=O)C1=NNC(=O)CC1. The topological polar surface area (TPSA) is 140 Å². The van der Waals surface area contributed by atoms with Gasteiger partial charge in [0.25, 0.3) is 11.6 Å². The molecule has 1 aromatic rings. The molecule has 2 rings (SSSR count). The molecule has 0 aliphatic carbocycles. The summed E-state index contributed by atoms with van der Waals surface area (Å²) >= 11 is 0. The third-order valence-electron chi connectivity index (χ3n) is 3.19. The van der Waals surface area contributed by atoms with Gasteiger partial charge in [-0.2, -0.15) is 5.10 Å². The first-order valence-corrected chi connectivity index (χ1v) is 6.95. The van der Waals surface area contributed by atoms with Crippen molar-refractivity contribution in [3.8, 4) is 0 Å². The van der Waals surface area contributed by atoms with Crippen LogP contribution in [0.3, 0.4) is 0 Å². The summed E-state index contributed by atoms with van der Waals surface area (Å²) in [4.78, 5) is 44.9. The molecule has 126 valence electrons. The molecule has 0 aromatic heterocycles. The van der Waals surface area contributed by atoms with Gasteiger partial charge >= 0.3 is 5.97 Å². The molecule has 1 heterocycles. The molecule has 0 fully saturated rings. The van der Waals surface area contributed by atoms with E-state index in [1.165, 1.54) is 12.1 Å². The van der Waals surface area contributed by atoms with Crippen molar-refractivity contribution in [1.82, 2.24) is 5.43 Å². The molecule has 0 bridgehead atoms. The molecule has 2 N–H and O–H groups in total. The van der Waals surface area contributed by atoms with Gasteiger partial charge in [0.15, 0.2) is 6.61 Å². The zero-order valence-corrected chi connectivity index (χ0v) is 12.7. The Balaban J connectivity index is 1.96. The zero-order chi connectivity index (χ0) is 17.7. The maximum Gasteiger partial charge on any atom is 0.355 e. The number of nitrogens with zero attached hydrogens (tertiary/aromatic N) is 2. The van der Waals surface area contributed by atoms with Crippen LogP contribution in [0.2, 0.25) is 0 Å². The Bertz CT molecular complexity index is 743. The number of hydrogen-bond donors (Lipinski definition) is 2. The van der Waals surface area contributed by atoms with Crippen molar-refractivity contribution in [2.75, 3.05) is 11.9 Å². The third-order valence-corrected chi connectivity index (χ3v) is 3.19. The van der Waals surface area contributed by atoms with Gasteiger partial charge in [-0.1, -0.05) is 12.1 Å². The first kappa shape index (κ1) is 17.1. The number of hydrazone groups is 1. The summed E-state index contributed by atoms with van der Waals surface area (Å²) < 4.78 is 4.79. The van der Waals surface area contributed by atoms with Crippen LogP contribution in [-0.2, 0) is 19.1 Å². The number of nitro benzene ring substituents is 1. The maximum absolute atomic E-state index is 11.9. The fourth-order valence-corrected chi connectivity index (χ4v) is 1.98. The van der Waals surface area contributed by atoms with Gasteiger partial charge in [-0.25, -0.2) is 10.2 Å². The van der Waals surface area contributed by atoms with E-state index in [2.05, 4.69) is 15.8 Å². The Kier molecular flexibility index (Phi) is 5.20. The van der Waals surface area contributed by atoms with Crippen LogP contribution in [-0.4, -0.2) is 35.0 Å². The highest BCUT2D eigenvalue weighted by molar-refractivity contribution is 6.37. The van der Waals surface area contributed by atoms with Crippen LogP contribution in [0.1, 0.15) is 18.4 Å². The Hall–Kier alpha value is -3.30. The smallest absolute Gasteiger partial charge is 0.355 e. The Morgan fingerprint density at radius 3 is 2.79 bits per heavy atom. The van der Waals surface area contributed by atoms with E-state index in [4.69, 9.17) is 4.74 Å². The van der Waals surface area contributed by atoms with Crippen LogP contribution in [0.4, 0.5) is 11.4 Å². The van der Waals surface area contributed by atoms with Crippen LogP contribution in [0.25, 0.3) is 0 Å². The summed E-state index contributed by atoms with van der Waals surface area (Å²) in [6.07, 6.45) is 0.227. The Morgan fingerprint density at radius 1 is 1.42 bits per heavy atom. The number of para-hydroxylation sites is 1. The average molecular weight is 334 g/mol. The number of nitro groups is 1. The summed E-state index contributed by atoms with van der Waals surface area (Å²) in [6, 6.07) is 4.36. The van der Waals surface area contributed by atoms with Gasteiger partial charge in [-0.3, -0.25) is 19.7 Å². The quantitative estimate of drug-likeness (QED) is 0.460. The molecular weight excluding hydrogens is 320 g/mol. The summed E-state index contributed by atoms with van der Waals surface area (Å²) in [7, 11) is 0. The molecule has 0 atom stereocenters. The lowest BCUT2D eigenvalue weighted by molar-refractivity contribution is -0.384. The van der Waals surface area contributed by atoms with Crippen LogP contribution >= 0.6 is 0 Å². The van der Waals surface area contributed by atoms with E-state index < -0.39 is 23.4 Å². The predicted molar refractivity (Wildman–Crippen MR) is 82.2 cm³/mol. The highest BCUT2D eigenvalue weighted by atomic mass is 16.6. The lowest BCUT2D eigenvalue weighted by Gasteiger charge is -2.12. The van der Waals surface area contributed by atoms with Crippen molar-refractivity contribution in [3.05, 3.63) is 33.9 Å². The molecular formula is C14H14N4O6. The van der Waals surface area contributed by atoms with E-state index in [0.717, 1.165) is 0 Å². The van der Waals surface area contributed by atoms with Gasteiger partial charge in [0.05, 0.1) is 4.92 Å². The van der Waals surface area contributed by atoms with Gasteiger partial charge in [-0.05, 0) is 12.5 Å². The van der Waals surface area contributed by atoms with Crippen molar-refractivity contribution in [2.24, 2.45) is 5.10 Å². The average Bonchev–Trinajstić information content (AvgIpc) is 2.55. The molecule has 24 heavy (non-hydrogen) atoms. The number of benzene rings is 1. The van der Waals surface area contributed by atoms with Crippen LogP contribution in [0.15, 0.2) is 23.3 Å². The predicted octanol–water partition coefficient (Wildman–Crippen LogP) is 0.651. The van der Waals surface area contributed by atoms with Crippen molar-refractivity contribution < 1.29 is 24.0 Å². The van der Waals surface area contributed by atoms with E-state index >= 15 is 0 Å². The third kappa shape index (κ3) is 4.12. The molecule has 0 saturated carbocycles. The number of aryl methyl sites for hydroxylation is 1. The molecule has 10 heteroatoms. The number of amides is 2. The number of rotatable bonds is 5. The summed E-state index contributed by atoms with van der Waals surface area (Å²) in [5, 5.41) is 16.9. The minimum Gasteiger partial charge on any atom is -0.451 e. The molecule has 1 aromatic carbocycles. The summed E-state index contributed by atoms with van der Waals surface area (Å²) in [5.74, 6) is -1.86. The zero-order valence-electron chi connectivity index (χ0n) is 12.7. The van der Waals surface area contributed by atoms with Gasteiger partial charge in [0.2, 0.25) is 5.91 Å². The van der Waals surface area contributed by atoms with Crippen molar-refractivity contribution in [2.45, 2.75) is 19.8 Å². The fraction of sp³-hybridized carbons (Fsp3) is 0.286. The minimum absolute atomic E-state index is 0.00396. The lowest BCUT2D eigenvalue weighted by Crippen LogP contribution is -2.32. The summed E-state index contributed by atoms with van der Waals surface area (Å²) in [6.45, 7) is 0.978. The van der Waals surface area contributed by atoms with Crippen molar-refractivity contribution in [3.63, 3.8) is 0 Å². The molecule has 0 unspecified atom stereocenters. The van der Waals surface area contributed by atoms with Gasteiger partial charge < -0.3 is 10.1 Å². The number of esters is 1. The van der Waals surface area contributed by atoms with Crippen LogP contribution in [0.5, 0.6) is 0 Å². The fourth-order valence-electron chi connectivity index (χ4n) is 1.98. The van der Waals surface area contributed by atoms with Gasteiger partial charge in [0.1, 0.15) is 11.4 Å². The van der Waals surface area contributed by atoms with Gasteiger partial charge in [-0.15, -0.1) is 0 Å². The Labute approximate surface area is 136 Å². The van der Waals surface area contributed by atoms with E-state index in [0.29, 0.717) is 5.56 Å². The number of anilines is 1. The molecule has 0 radical (unpaired) electrons. The number of carbonyl (C=O) groups is 3. The molecule has 2 amide bonds. The molecule has 0 saturated heterocycles. The minimum atomic E-state index is -0.829. The lowest BCUT2D eigenvalue weighted by atomic mass is 10.1. The number of carbonyl (C=O) groups excluding carboxylic acids is 3. The first-order chi connectivity index (χ1) is 11.4. The first-order valence-electron chi connectivity index (χ1n) is 6.95. The number of hydrogen-bond acceptors (Lipinski definition) is 7. The standard InChI is InChI=1S/C14H14N4O6/c1-8-3-2-4-10(18(22)23)13(8)15-12(20)7-24-14(21)9-5-6-11(19)17-16-9/h2-4H,5-7H2,1H3,(H,15,20)(H,17,19). The largest absolute Gasteiger partial charge is 0.451 e. The van der Waals surface area contributed by atoms with Crippen LogP contribution < -0.4 is 10.7 Å². The second kappa shape index (κ2) is 7.31. The highest BCUT2D eigenvalue weighted by Gasteiger charge is 2.22. The molecule has 10 nitrogen and oxygen atoms in total. The summed E-state index contributed by atoms with van der Waals surface area (Å²) in [5.41, 5.74) is 2.44. The number of ether oxygens (including phenoxy) is 1. The maximum atomic E-state index is 11.9. The Morgan fingerprint density at radius 2 is 2.17 bits per heavy atom. The van der Waals surface area contributed by atoms with Crippen molar-refractivity contribution in [1.29, 1.82) is 0 Å². The number of nitrogens with one attached hydrogen (secondary N) is 2. The van der Waals surface area contributed by atoms with E-state index in [1.807, 2.05) is 0 Å². The molecule has 1 aliphatic rings. The molecule has 0 spiro atoms. The second-order valence-electron chi connectivity index (χ2n) is 4.94. The van der Waals surface area contributed by atoms with Crippen LogP contribution in [0, 0.1) is 17.0 Å². The molecule has 1 aliphatic heterocycles. The highest BCUT2D eigenvalue weighted by Crippen LogP contribution is 2.27. The van der Waals surface area contributed by atoms with Crippen molar-refractivity contribution >= 4 is 34.9 Å². The van der Waals surface area contributed by atoms with Gasteiger partial charge in [0, 0.05) is 18.9 Å². The van der Waals surface area contributed by atoms with E-state index in [-0.39, 0.29) is 35.8 Å². The normalized spacial score (nSPS) is 13.5. The second-order valence-corrected chi connectivity index (χ2v) is 4.94. The monoisotopic (exact) mass is 334 g/mol. The van der Waals surface area contributed by atoms with E-state index in [1.54, 1.807) is 13.0 Å².